The zero-order chi connectivity index (χ0) is 13.4. The van der Waals surface area contributed by atoms with Gasteiger partial charge in [-0.25, -0.2) is 4.79 Å². The van der Waals surface area contributed by atoms with Crippen LogP contribution in [-0.4, -0.2) is 24.9 Å². The number of esters is 1. The monoisotopic (exact) mass is 264 g/mol. The normalized spacial score (nSPS) is 9.61. The molecule has 0 saturated carbocycles. The van der Waals surface area contributed by atoms with E-state index in [-0.39, 0.29) is 12.6 Å². The zero-order valence-electron chi connectivity index (χ0n) is 10.6. The van der Waals surface area contributed by atoms with E-state index in [9.17, 15) is 4.79 Å². The third-order valence-electron chi connectivity index (χ3n) is 2.12. The molecular formula is C14H16O3S. The minimum absolute atomic E-state index is 0.0640. The van der Waals surface area contributed by atoms with Crippen LogP contribution in [-0.2, 0) is 9.53 Å². The third kappa shape index (κ3) is 4.72. The van der Waals surface area contributed by atoms with E-state index < -0.39 is 0 Å². The van der Waals surface area contributed by atoms with E-state index in [1.54, 1.807) is 18.7 Å². The molecule has 0 unspecified atom stereocenters. The predicted octanol–water partition coefficient (Wildman–Crippen LogP) is 2.66. The second kappa shape index (κ2) is 7.67. The van der Waals surface area contributed by atoms with Gasteiger partial charge in [-0.3, -0.25) is 0 Å². The molecule has 18 heavy (non-hydrogen) atoms. The van der Waals surface area contributed by atoms with Crippen molar-refractivity contribution in [2.45, 2.75) is 18.7 Å². The highest BCUT2D eigenvalue weighted by Gasteiger charge is 2.06. The average molecular weight is 264 g/mol. The highest BCUT2D eigenvalue weighted by molar-refractivity contribution is 7.99. The Morgan fingerprint density at radius 1 is 1.50 bits per heavy atom. The second-order valence-electron chi connectivity index (χ2n) is 3.51. The molecule has 96 valence electrons. The summed E-state index contributed by atoms with van der Waals surface area (Å²) in [5.41, 5.74) is 0.973. The molecule has 0 heterocycles. The zero-order valence-corrected chi connectivity index (χ0v) is 11.4. The van der Waals surface area contributed by atoms with E-state index >= 15 is 0 Å². The number of aryl methyl sites for hydroxylation is 1. The van der Waals surface area contributed by atoms with Crippen molar-refractivity contribution in [1.29, 1.82) is 0 Å². The van der Waals surface area contributed by atoms with Crippen molar-refractivity contribution in [1.82, 2.24) is 0 Å². The van der Waals surface area contributed by atoms with Crippen molar-refractivity contribution in [3.05, 3.63) is 23.8 Å². The molecule has 3 nitrogen and oxygen atoms in total. The van der Waals surface area contributed by atoms with Gasteiger partial charge < -0.3 is 9.47 Å². The summed E-state index contributed by atoms with van der Waals surface area (Å²) in [5, 5.41) is 0. The Bertz CT molecular complexity index is 449. The Morgan fingerprint density at radius 2 is 2.28 bits per heavy atom. The second-order valence-corrected chi connectivity index (χ2v) is 4.56. The summed E-state index contributed by atoms with van der Waals surface area (Å²) in [4.78, 5) is 12.3. The van der Waals surface area contributed by atoms with Gasteiger partial charge in [0, 0.05) is 4.90 Å². The fraction of sp³-hybridized carbons (Fsp3) is 0.357. The van der Waals surface area contributed by atoms with Crippen molar-refractivity contribution in [3.63, 3.8) is 0 Å². The number of carbonyl (C=O) groups is 1. The smallest absolute Gasteiger partial charge is 0.344 e. The Morgan fingerprint density at radius 3 is 2.89 bits per heavy atom. The number of benzene rings is 1. The number of ether oxygens (including phenoxy) is 2. The summed E-state index contributed by atoms with van der Waals surface area (Å²) in [6.45, 7) is 4.00. The first-order chi connectivity index (χ1) is 8.67. The topological polar surface area (TPSA) is 35.5 Å². The molecule has 0 spiro atoms. The van der Waals surface area contributed by atoms with Gasteiger partial charge >= 0.3 is 5.97 Å². The SMILES string of the molecule is C#CCSc1ccc(OCC(=O)OCC)c(C)c1. The van der Waals surface area contributed by atoms with E-state index in [0.717, 1.165) is 10.5 Å². The van der Waals surface area contributed by atoms with Crippen LogP contribution in [0.25, 0.3) is 0 Å². The lowest BCUT2D eigenvalue weighted by Gasteiger charge is -2.09. The van der Waals surface area contributed by atoms with Crippen molar-refractivity contribution in [3.8, 4) is 18.1 Å². The van der Waals surface area contributed by atoms with Gasteiger partial charge in [0.05, 0.1) is 12.4 Å². The molecule has 0 fully saturated rings. The highest BCUT2D eigenvalue weighted by Crippen LogP contribution is 2.25. The van der Waals surface area contributed by atoms with Gasteiger partial charge in [-0.1, -0.05) is 5.92 Å². The fourth-order valence-corrected chi connectivity index (χ4v) is 2.01. The van der Waals surface area contributed by atoms with Gasteiger partial charge in [0.25, 0.3) is 0 Å². The Labute approximate surface area is 112 Å². The number of carbonyl (C=O) groups excluding carboxylic acids is 1. The molecular weight excluding hydrogens is 248 g/mol. The molecule has 0 aromatic heterocycles. The number of terminal acetylenes is 1. The standard InChI is InChI=1S/C14H16O3S/c1-4-8-18-12-6-7-13(11(3)9-12)17-10-14(15)16-5-2/h1,6-7,9H,5,8,10H2,2-3H3. The lowest BCUT2D eigenvalue weighted by molar-refractivity contribution is -0.145. The molecule has 0 atom stereocenters. The van der Waals surface area contributed by atoms with Crippen LogP contribution in [0.15, 0.2) is 23.1 Å². The average Bonchev–Trinajstić information content (AvgIpc) is 2.35. The lowest BCUT2D eigenvalue weighted by atomic mass is 10.2. The van der Waals surface area contributed by atoms with Crippen LogP contribution in [0.3, 0.4) is 0 Å². The van der Waals surface area contributed by atoms with Crippen LogP contribution in [0.1, 0.15) is 12.5 Å². The van der Waals surface area contributed by atoms with Crippen LogP contribution < -0.4 is 4.74 Å². The molecule has 0 radical (unpaired) electrons. The highest BCUT2D eigenvalue weighted by atomic mass is 32.2. The molecule has 0 amide bonds. The molecule has 0 bridgehead atoms. The van der Waals surface area contributed by atoms with Crippen LogP contribution in [0, 0.1) is 19.3 Å². The molecule has 1 rings (SSSR count). The Hall–Kier alpha value is -1.60. The van der Waals surface area contributed by atoms with Crippen molar-refractivity contribution < 1.29 is 14.3 Å². The molecule has 1 aromatic rings. The van der Waals surface area contributed by atoms with Gasteiger partial charge in [-0.2, -0.15) is 0 Å². The number of rotatable bonds is 6. The van der Waals surface area contributed by atoms with Crippen LogP contribution in [0.5, 0.6) is 5.75 Å². The van der Waals surface area contributed by atoms with E-state index in [1.807, 2.05) is 25.1 Å². The minimum atomic E-state index is -0.359. The first kappa shape index (κ1) is 14.5. The third-order valence-corrected chi connectivity index (χ3v) is 3.02. The summed E-state index contributed by atoms with van der Waals surface area (Å²) in [7, 11) is 0. The van der Waals surface area contributed by atoms with Crippen LogP contribution in [0.4, 0.5) is 0 Å². The molecule has 0 saturated heterocycles. The van der Waals surface area contributed by atoms with E-state index in [1.165, 1.54) is 0 Å². The van der Waals surface area contributed by atoms with Gasteiger partial charge in [-0.15, -0.1) is 18.2 Å². The maximum atomic E-state index is 11.2. The summed E-state index contributed by atoms with van der Waals surface area (Å²) in [6, 6.07) is 5.76. The molecule has 0 N–H and O–H groups in total. The number of thioether (sulfide) groups is 1. The molecule has 1 aromatic carbocycles. The minimum Gasteiger partial charge on any atom is -0.482 e. The Kier molecular flexibility index (Phi) is 6.16. The van der Waals surface area contributed by atoms with Gasteiger partial charge in [0.15, 0.2) is 6.61 Å². The summed E-state index contributed by atoms with van der Waals surface area (Å²) >= 11 is 1.59. The maximum Gasteiger partial charge on any atom is 0.344 e. The summed E-state index contributed by atoms with van der Waals surface area (Å²) < 4.78 is 10.2. The van der Waals surface area contributed by atoms with E-state index in [0.29, 0.717) is 18.1 Å². The molecule has 4 heteroatoms. The van der Waals surface area contributed by atoms with Gasteiger partial charge in [0.1, 0.15) is 5.75 Å². The fourth-order valence-electron chi connectivity index (χ4n) is 1.34. The number of hydrogen-bond donors (Lipinski definition) is 0. The Balaban J connectivity index is 2.57. The quantitative estimate of drug-likeness (QED) is 0.449. The predicted molar refractivity (Wildman–Crippen MR) is 72.9 cm³/mol. The van der Waals surface area contributed by atoms with Crippen LogP contribution >= 0.6 is 11.8 Å². The molecule has 0 aliphatic rings. The molecule has 0 aliphatic heterocycles. The van der Waals surface area contributed by atoms with Crippen LogP contribution in [0.2, 0.25) is 0 Å². The van der Waals surface area contributed by atoms with Gasteiger partial charge in [0.2, 0.25) is 0 Å². The van der Waals surface area contributed by atoms with Gasteiger partial charge in [-0.05, 0) is 37.6 Å². The van der Waals surface area contributed by atoms with E-state index in [2.05, 4.69) is 5.92 Å². The molecule has 0 aliphatic carbocycles. The lowest BCUT2D eigenvalue weighted by Crippen LogP contribution is -2.14. The summed E-state index contributed by atoms with van der Waals surface area (Å²) in [6.07, 6.45) is 5.21. The summed E-state index contributed by atoms with van der Waals surface area (Å²) in [5.74, 6) is 3.55. The largest absolute Gasteiger partial charge is 0.482 e. The van der Waals surface area contributed by atoms with E-state index in [4.69, 9.17) is 15.9 Å². The first-order valence-corrected chi connectivity index (χ1v) is 6.61. The first-order valence-electron chi connectivity index (χ1n) is 5.62. The maximum absolute atomic E-state index is 11.2. The van der Waals surface area contributed by atoms with Crippen molar-refractivity contribution in [2.24, 2.45) is 0 Å². The van der Waals surface area contributed by atoms with Crippen molar-refractivity contribution in [2.75, 3.05) is 19.0 Å². The number of hydrogen-bond acceptors (Lipinski definition) is 4. The van der Waals surface area contributed by atoms with Crippen molar-refractivity contribution >= 4 is 17.7 Å².